The van der Waals surface area contributed by atoms with Crippen molar-refractivity contribution in [1.82, 2.24) is 14.5 Å². The molecule has 0 amide bonds. The number of thiocarbonyl (C=S) groups is 1. The van der Waals surface area contributed by atoms with E-state index in [-0.39, 0.29) is 4.99 Å². The molecule has 0 fully saturated rings. The van der Waals surface area contributed by atoms with E-state index in [9.17, 15) is 0 Å². The van der Waals surface area contributed by atoms with Crippen LogP contribution < -0.4 is 10.5 Å². The molecule has 0 unspecified atom stereocenters. The molecule has 2 rings (SSSR count). The monoisotopic (exact) mass is 262 g/mol. The third kappa shape index (κ3) is 2.65. The van der Waals surface area contributed by atoms with Gasteiger partial charge in [-0.1, -0.05) is 12.2 Å². The highest BCUT2D eigenvalue weighted by molar-refractivity contribution is 7.80. The van der Waals surface area contributed by atoms with Crippen molar-refractivity contribution in [3.8, 4) is 5.75 Å². The predicted octanol–water partition coefficient (Wildman–Crippen LogP) is 1.28. The molecule has 0 atom stereocenters. The minimum absolute atomic E-state index is 0.277. The third-order valence-electron chi connectivity index (χ3n) is 2.48. The summed E-state index contributed by atoms with van der Waals surface area (Å²) in [4.78, 5) is 8.84. The second kappa shape index (κ2) is 5.14. The Morgan fingerprint density at radius 2 is 2.28 bits per heavy atom. The molecule has 2 heterocycles. The van der Waals surface area contributed by atoms with Crippen LogP contribution in [0.4, 0.5) is 0 Å². The van der Waals surface area contributed by atoms with E-state index < -0.39 is 0 Å². The molecule has 0 aliphatic rings. The van der Waals surface area contributed by atoms with Gasteiger partial charge in [0.25, 0.3) is 0 Å². The summed E-state index contributed by atoms with van der Waals surface area (Å²) < 4.78 is 7.08. The van der Waals surface area contributed by atoms with Crippen LogP contribution in [-0.2, 0) is 6.54 Å². The van der Waals surface area contributed by atoms with Crippen molar-refractivity contribution in [2.45, 2.75) is 13.5 Å². The lowest BCUT2D eigenvalue weighted by molar-refractivity contribution is 0.413. The van der Waals surface area contributed by atoms with Crippen molar-refractivity contribution in [3.63, 3.8) is 0 Å². The zero-order valence-electron chi connectivity index (χ0n) is 10.3. The SMILES string of the molecule is COc1cc(C)nc(Cn2ccnc2C(N)=S)c1. The average molecular weight is 262 g/mol. The van der Waals surface area contributed by atoms with E-state index in [2.05, 4.69) is 9.97 Å². The van der Waals surface area contributed by atoms with Crippen molar-refractivity contribution in [1.29, 1.82) is 0 Å². The maximum atomic E-state index is 5.60. The quantitative estimate of drug-likeness (QED) is 0.841. The fourth-order valence-corrected chi connectivity index (χ4v) is 1.91. The first-order valence-electron chi connectivity index (χ1n) is 5.42. The second-order valence-electron chi connectivity index (χ2n) is 3.88. The van der Waals surface area contributed by atoms with E-state index >= 15 is 0 Å². The van der Waals surface area contributed by atoms with E-state index in [1.807, 2.05) is 29.8 Å². The molecular formula is C12H14N4OS. The molecule has 0 saturated heterocycles. The zero-order chi connectivity index (χ0) is 13.1. The van der Waals surface area contributed by atoms with Crippen molar-refractivity contribution < 1.29 is 4.74 Å². The number of aromatic nitrogens is 3. The van der Waals surface area contributed by atoms with E-state index in [1.54, 1.807) is 13.3 Å². The van der Waals surface area contributed by atoms with Crippen LogP contribution in [0.15, 0.2) is 24.5 Å². The third-order valence-corrected chi connectivity index (χ3v) is 2.67. The molecule has 0 aromatic carbocycles. The first-order valence-corrected chi connectivity index (χ1v) is 5.83. The Morgan fingerprint density at radius 1 is 1.50 bits per heavy atom. The van der Waals surface area contributed by atoms with Gasteiger partial charge in [0.1, 0.15) is 10.7 Å². The van der Waals surface area contributed by atoms with Crippen LogP contribution in [0.3, 0.4) is 0 Å². The molecule has 18 heavy (non-hydrogen) atoms. The van der Waals surface area contributed by atoms with Gasteiger partial charge in [-0.25, -0.2) is 4.98 Å². The summed E-state index contributed by atoms with van der Waals surface area (Å²) in [6.07, 6.45) is 3.49. The Morgan fingerprint density at radius 3 is 2.94 bits per heavy atom. The number of ether oxygens (including phenoxy) is 1. The lowest BCUT2D eigenvalue weighted by atomic mass is 10.3. The van der Waals surface area contributed by atoms with Crippen molar-refractivity contribution in [2.24, 2.45) is 5.73 Å². The number of hydrogen-bond donors (Lipinski definition) is 1. The van der Waals surface area contributed by atoms with Gasteiger partial charge >= 0.3 is 0 Å². The first-order chi connectivity index (χ1) is 8.60. The standard InChI is InChI=1S/C12H14N4OS/c1-8-5-10(17-2)6-9(15-8)7-16-4-3-14-12(16)11(13)18/h3-6H,7H2,1-2H3,(H2,13,18). The number of pyridine rings is 1. The molecular weight excluding hydrogens is 248 g/mol. The molecule has 2 N–H and O–H groups in total. The molecule has 0 bridgehead atoms. The molecule has 0 aliphatic carbocycles. The molecule has 0 spiro atoms. The highest BCUT2D eigenvalue weighted by Crippen LogP contribution is 2.14. The Bertz CT molecular complexity index is 579. The van der Waals surface area contributed by atoms with Gasteiger partial charge in [-0.2, -0.15) is 0 Å². The molecule has 6 heteroatoms. The average Bonchev–Trinajstić information content (AvgIpc) is 2.76. The predicted molar refractivity (Wildman–Crippen MR) is 72.7 cm³/mol. The fourth-order valence-electron chi connectivity index (χ4n) is 1.74. The summed E-state index contributed by atoms with van der Waals surface area (Å²) in [5, 5.41) is 0. The van der Waals surface area contributed by atoms with Gasteiger partial charge in [0, 0.05) is 30.2 Å². The lowest BCUT2D eigenvalue weighted by Gasteiger charge is -2.08. The maximum absolute atomic E-state index is 5.60. The Balaban J connectivity index is 2.31. The summed E-state index contributed by atoms with van der Waals surface area (Å²) in [5.74, 6) is 1.38. The fraction of sp³-hybridized carbons (Fsp3) is 0.250. The Kier molecular flexibility index (Phi) is 3.57. The minimum atomic E-state index is 0.277. The summed E-state index contributed by atoms with van der Waals surface area (Å²) >= 11 is 4.94. The van der Waals surface area contributed by atoms with Gasteiger partial charge in [-0.3, -0.25) is 4.98 Å². The van der Waals surface area contributed by atoms with E-state index in [1.165, 1.54) is 0 Å². The van der Waals surface area contributed by atoms with Crippen molar-refractivity contribution in [3.05, 3.63) is 41.7 Å². The zero-order valence-corrected chi connectivity index (χ0v) is 11.1. The minimum Gasteiger partial charge on any atom is -0.497 e. The Labute approximate surface area is 111 Å². The first kappa shape index (κ1) is 12.5. The smallest absolute Gasteiger partial charge is 0.167 e. The lowest BCUT2D eigenvalue weighted by Crippen LogP contribution is -2.17. The molecule has 94 valence electrons. The molecule has 5 nitrogen and oxygen atoms in total. The summed E-state index contributed by atoms with van der Waals surface area (Å²) in [6, 6.07) is 3.77. The number of hydrogen-bond acceptors (Lipinski definition) is 4. The summed E-state index contributed by atoms with van der Waals surface area (Å²) in [6.45, 7) is 2.49. The van der Waals surface area contributed by atoms with Gasteiger partial charge in [-0.15, -0.1) is 0 Å². The molecule has 2 aromatic heterocycles. The van der Waals surface area contributed by atoms with Crippen LogP contribution in [0, 0.1) is 6.92 Å². The molecule has 0 saturated carbocycles. The highest BCUT2D eigenvalue weighted by Gasteiger charge is 2.08. The molecule has 2 aromatic rings. The van der Waals surface area contributed by atoms with E-state index in [0.717, 1.165) is 17.1 Å². The van der Waals surface area contributed by atoms with Gasteiger partial charge in [0.15, 0.2) is 5.82 Å². The van der Waals surface area contributed by atoms with Crippen LogP contribution in [0.1, 0.15) is 17.2 Å². The van der Waals surface area contributed by atoms with Gasteiger partial charge in [-0.05, 0) is 6.92 Å². The number of rotatable bonds is 4. The number of nitrogens with two attached hydrogens (primary N) is 1. The normalized spacial score (nSPS) is 10.3. The summed E-state index contributed by atoms with van der Waals surface area (Å²) in [7, 11) is 1.64. The summed E-state index contributed by atoms with van der Waals surface area (Å²) in [5.41, 5.74) is 7.38. The van der Waals surface area contributed by atoms with Crippen LogP contribution in [0.25, 0.3) is 0 Å². The van der Waals surface area contributed by atoms with Crippen LogP contribution in [0.5, 0.6) is 5.75 Å². The van der Waals surface area contributed by atoms with Crippen molar-refractivity contribution in [2.75, 3.05) is 7.11 Å². The second-order valence-corrected chi connectivity index (χ2v) is 4.32. The number of nitrogens with zero attached hydrogens (tertiary/aromatic N) is 3. The molecule has 0 radical (unpaired) electrons. The topological polar surface area (TPSA) is 66.0 Å². The largest absolute Gasteiger partial charge is 0.497 e. The van der Waals surface area contributed by atoms with Crippen LogP contribution >= 0.6 is 12.2 Å². The van der Waals surface area contributed by atoms with Crippen molar-refractivity contribution >= 4 is 17.2 Å². The number of imidazole rings is 1. The molecule has 0 aliphatic heterocycles. The van der Waals surface area contributed by atoms with Gasteiger partial charge in [0.2, 0.25) is 0 Å². The maximum Gasteiger partial charge on any atom is 0.167 e. The van der Waals surface area contributed by atoms with E-state index in [4.69, 9.17) is 22.7 Å². The Hall–Kier alpha value is -1.95. The highest BCUT2D eigenvalue weighted by atomic mass is 32.1. The van der Waals surface area contributed by atoms with Gasteiger partial charge < -0.3 is 15.0 Å². The number of aryl methyl sites for hydroxylation is 1. The van der Waals surface area contributed by atoms with Crippen LogP contribution in [0.2, 0.25) is 0 Å². The number of methoxy groups -OCH3 is 1. The van der Waals surface area contributed by atoms with Crippen LogP contribution in [-0.4, -0.2) is 26.6 Å². The van der Waals surface area contributed by atoms with Gasteiger partial charge in [0.05, 0.1) is 19.3 Å². The van der Waals surface area contributed by atoms with E-state index in [0.29, 0.717) is 12.4 Å².